The second-order valence-corrected chi connectivity index (χ2v) is 6.78. The Morgan fingerprint density at radius 3 is 2.39 bits per heavy atom. The highest BCUT2D eigenvalue weighted by Crippen LogP contribution is 2.60. The Kier molecular flexibility index (Phi) is 2.12. The highest BCUT2D eigenvalue weighted by Gasteiger charge is 2.51. The van der Waals surface area contributed by atoms with Crippen molar-refractivity contribution in [1.29, 1.82) is 5.26 Å². The van der Waals surface area contributed by atoms with Gasteiger partial charge in [-0.1, -0.05) is 0 Å². The Balaban J connectivity index is 1.68. The lowest BCUT2D eigenvalue weighted by atomic mass is 9.48. The summed E-state index contributed by atoms with van der Waals surface area (Å²) < 4.78 is 1.80. The fraction of sp³-hybridized carbons (Fsp3) is 0.733. The molecule has 0 atom stereocenters. The summed E-state index contributed by atoms with van der Waals surface area (Å²) in [7, 11) is 0. The minimum absolute atomic E-state index is 0.381. The van der Waals surface area contributed by atoms with Crippen molar-refractivity contribution >= 4 is 0 Å². The predicted molar refractivity (Wildman–Crippen MR) is 67.7 cm³/mol. The van der Waals surface area contributed by atoms with Gasteiger partial charge in [-0.05, 0) is 67.3 Å². The maximum absolute atomic E-state index is 8.75. The molecule has 1 aromatic heterocycles. The Morgan fingerprint density at radius 2 is 1.83 bits per heavy atom. The second kappa shape index (κ2) is 3.60. The monoisotopic (exact) mass is 241 g/mol. The van der Waals surface area contributed by atoms with Crippen molar-refractivity contribution in [2.45, 2.75) is 50.5 Å². The number of aromatic nitrogens is 2. The lowest BCUT2D eigenvalue weighted by Crippen LogP contribution is -2.48. The molecular weight excluding hydrogens is 222 g/mol. The highest BCUT2D eigenvalue weighted by atomic mass is 15.3. The van der Waals surface area contributed by atoms with Crippen LogP contribution in [0.15, 0.2) is 12.4 Å². The summed E-state index contributed by atoms with van der Waals surface area (Å²) >= 11 is 0. The third-order valence-corrected chi connectivity index (χ3v) is 5.52. The molecule has 3 nitrogen and oxygen atoms in total. The summed E-state index contributed by atoms with van der Waals surface area (Å²) in [6.45, 7) is 0.381. The third-order valence-electron chi connectivity index (χ3n) is 5.52. The smallest absolute Gasteiger partial charge is 0.128 e. The molecule has 1 heterocycles. The fourth-order valence-electron chi connectivity index (χ4n) is 5.26. The summed E-state index contributed by atoms with van der Waals surface area (Å²) in [6.07, 6.45) is 12.7. The van der Waals surface area contributed by atoms with E-state index in [9.17, 15) is 0 Å². The topological polar surface area (TPSA) is 41.6 Å². The molecule has 4 fully saturated rings. The third kappa shape index (κ3) is 1.44. The molecule has 5 rings (SSSR count). The van der Waals surface area contributed by atoms with Crippen LogP contribution in [0.2, 0.25) is 0 Å². The van der Waals surface area contributed by atoms with Crippen LogP contribution in [0.4, 0.5) is 0 Å². The standard InChI is InChI=1S/C15H19N3/c16-1-2-18-10-14(9-17-18)15-6-11-3-12(7-15)5-13(4-11)8-15/h9-13H,2-8H2. The number of hydrogen-bond donors (Lipinski definition) is 0. The van der Waals surface area contributed by atoms with Crippen LogP contribution >= 0.6 is 0 Å². The molecule has 4 saturated carbocycles. The van der Waals surface area contributed by atoms with Crippen molar-refractivity contribution in [1.82, 2.24) is 9.78 Å². The lowest BCUT2D eigenvalue weighted by Gasteiger charge is -2.56. The van der Waals surface area contributed by atoms with Crippen LogP contribution in [0.25, 0.3) is 0 Å². The largest absolute Gasteiger partial charge is 0.258 e. The van der Waals surface area contributed by atoms with Crippen LogP contribution in [0, 0.1) is 29.1 Å². The normalized spacial score (nSPS) is 40.9. The van der Waals surface area contributed by atoms with Gasteiger partial charge < -0.3 is 0 Å². The molecule has 4 bridgehead atoms. The van der Waals surface area contributed by atoms with Crippen LogP contribution in [0.5, 0.6) is 0 Å². The van der Waals surface area contributed by atoms with E-state index in [1.807, 2.05) is 6.20 Å². The van der Waals surface area contributed by atoms with Crippen molar-refractivity contribution in [2.24, 2.45) is 17.8 Å². The van der Waals surface area contributed by atoms with Crippen LogP contribution < -0.4 is 0 Å². The summed E-state index contributed by atoms with van der Waals surface area (Å²) in [5.41, 5.74) is 1.83. The quantitative estimate of drug-likeness (QED) is 0.799. The van der Waals surface area contributed by atoms with Gasteiger partial charge in [0, 0.05) is 6.20 Å². The van der Waals surface area contributed by atoms with Crippen molar-refractivity contribution in [3.8, 4) is 6.07 Å². The SMILES string of the molecule is N#CCn1cc(C23CC4CC(CC(C4)C2)C3)cn1. The molecule has 0 amide bonds. The van der Waals surface area contributed by atoms with Crippen LogP contribution in [0.3, 0.4) is 0 Å². The summed E-state index contributed by atoms with van der Waals surface area (Å²) in [4.78, 5) is 0. The van der Waals surface area contributed by atoms with E-state index in [0.29, 0.717) is 12.0 Å². The van der Waals surface area contributed by atoms with E-state index in [0.717, 1.165) is 17.8 Å². The first-order valence-corrected chi connectivity index (χ1v) is 7.17. The molecule has 0 N–H and O–H groups in total. The van der Waals surface area contributed by atoms with Crippen molar-refractivity contribution in [3.63, 3.8) is 0 Å². The molecule has 4 aliphatic carbocycles. The lowest BCUT2D eigenvalue weighted by molar-refractivity contribution is -0.00522. The first kappa shape index (κ1) is 10.6. The van der Waals surface area contributed by atoms with Crippen LogP contribution in [-0.2, 0) is 12.0 Å². The molecule has 0 unspecified atom stereocenters. The summed E-state index contributed by atoms with van der Waals surface area (Å²) in [5.74, 6) is 2.90. The van der Waals surface area contributed by atoms with Gasteiger partial charge in [0.15, 0.2) is 0 Å². The number of hydrogen-bond acceptors (Lipinski definition) is 2. The molecule has 4 aliphatic rings. The second-order valence-electron chi connectivity index (χ2n) is 6.78. The molecule has 0 aliphatic heterocycles. The van der Waals surface area contributed by atoms with Crippen LogP contribution in [-0.4, -0.2) is 9.78 Å². The van der Waals surface area contributed by atoms with Gasteiger partial charge in [0.2, 0.25) is 0 Å². The average molecular weight is 241 g/mol. The first-order valence-electron chi connectivity index (χ1n) is 7.17. The molecule has 0 aromatic carbocycles. The Hall–Kier alpha value is -1.30. The van der Waals surface area contributed by atoms with E-state index in [2.05, 4.69) is 17.4 Å². The van der Waals surface area contributed by atoms with E-state index in [1.54, 1.807) is 4.68 Å². The Morgan fingerprint density at radius 1 is 1.22 bits per heavy atom. The van der Waals surface area contributed by atoms with E-state index in [1.165, 1.54) is 44.1 Å². The van der Waals surface area contributed by atoms with Crippen molar-refractivity contribution in [2.75, 3.05) is 0 Å². The van der Waals surface area contributed by atoms with E-state index < -0.39 is 0 Å². The average Bonchev–Trinajstić information content (AvgIpc) is 2.77. The molecule has 0 saturated heterocycles. The van der Waals surface area contributed by atoms with E-state index >= 15 is 0 Å². The number of rotatable bonds is 2. The molecule has 18 heavy (non-hydrogen) atoms. The van der Waals surface area contributed by atoms with Gasteiger partial charge in [-0.15, -0.1) is 0 Å². The highest BCUT2D eigenvalue weighted by molar-refractivity contribution is 5.25. The van der Waals surface area contributed by atoms with E-state index in [4.69, 9.17) is 5.26 Å². The van der Waals surface area contributed by atoms with Gasteiger partial charge >= 0.3 is 0 Å². The molecule has 1 aromatic rings. The zero-order valence-electron chi connectivity index (χ0n) is 10.7. The minimum atomic E-state index is 0.381. The maximum Gasteiger partial charge on any atom is 0.128 e. The van der Waals surface area contributed by atoms with Gasteiger partial charge in [-0.3, -0.25) is 4.68 Å². The Bertz CT molecular complexity index is 473. The van der Waals surface area contributed by atoms with Crippen molar-refractivity contribution in [3.05, 3.63) is 18.0 Å². The molecule has 0 radical (unpaired) electrons. The van der Waals surface area contributed by atoms with Crippen molar-refractivity contribution < 1.29 is 0 Å². The predicted octanol–water partition coefficient (Wildman–Crippen LogP) is 2.87. The van der Waals surface area contributed by atoms with Gasteiger partial charge in [-0.2, -0.15) is 10.4 Å². The number of nitrogens with zero attached hydrogens (tertiary/aromatic N) is 3. The maximum atomic E-state index is 8.75. The Labute approximate surface area is 108 Å². The number of nitriles is 1. The molecule has 3 heteroatoms. The summed E-state index contributed by atoms with van der Waals surface area (Å²) in [6, 6.07) is 2.17. The van der Waals surface area contributed by atoms with Gasteiger partial charge in [-0.25, -0.2) is 0 Å². The summed E-state index contributed by atoms with van der Waals surface area (Å²) in [5, 5.41) is 13.1. The molecular formula is C15H19N3. The van der Waals surface area contributed by atoms with Gasteiger partial charge in [0.25, 0.3) is 0 Å². The van der Waals surface area contributed by atoms with Gasteiger partial charge in [0.1, 0.15) is 6.54 Å². The molecule has 0 spiro atoms. The zero-order chi connectivity index (χ0) is 12.2. The van der Waals surface area contributed by atoms with Crippen LogP contribution in [0.1, 0.15) is 44.1 Å². The molecule has 94 valence electrons. The minimum Gasteiger partial charge on any atom is -0.258 e. The first-order chi connectivity index (χ1) is 8.77. The van der Waals surface area contributed by atoms with Gasteiger partial charge in [0.05, 0.1) is 12.3 Å². The zero-order valence-corrected chi connectivity index (χ0v) is 10.7. The fourth-order valence-corrected chi connectivity index (χ4v) is 5.26. The van der Waals surface area contributed by atoms with E-state index in [-0.39, 0.29) is 0 Å².